The molecule has 114 valence electrons. The fourth-order valence-electron chi connectivity index (χ4n) is 2.68. The molecule has 3 N–H and O–H groups in total. The smallest absolute Gasteiger partial charge is 0.314 e. The lowest BCUT2D eigenvalue weighted by atomic mass is 9.96. The summed E-state index contributed by atoms with van der Waals surface area (Å²) in [5, 5.41) is 14.9. The van der Waals surface area contributed by atoms with Gasteiger partial charge in [-0.25, -0.2) is 9.18 Å². The third-order valence-corrected chi connectivity index (χ3v) is 4.79. The lowest BCUT2D eigenvalue weighted by Gasteiger charge is -2.18. The van der Waals surface area contributed by atoms with Gasteiger partial charge in [0, 0.05) is 23.9 Å². The number of carbonyl (C=O) groups is 1. The van der Waals surface area contributed by atoms with Crippen molar-refractivity contribution in [2.45, 2.75) is 31.1 Å². The maximum atomic E-state index is 13.3. The lowest BCUT2D eigenvalue weighted by molar-refractivity contribution is 0.203. The first kappa shape index (κ1) is 14.3. The predicted octanol–water partition coefficient (Wildman–Crippen LogP) is 1.93. The second kappa shape index (κ2) is 5.30. The van der Waals surface area contributed by atoms with Crippen LogP contribution in [0.25, 0.3) is 0 Å². The summed E-state index contributed by atoms with van der Waals surface area (Å²) < 4.78 is 13.3. The molecule has 0 saturated heterocycles. The van der Waals surface area contributed by atoms with E-state index in [1.54, 1.807) is 12.1 Å². The third kappa shape index (κ3) is 3.18. The van der Waals surface area contributed by atoms with Gasteiger partial charge < -0.3 is 15.7 Å². The fourth-order valence-corrected chi connectivity index (χ4v) is 2.68. The molecule has 5 heteroatoms. The Morgan fingerprint density at radius 1 is 1.19 bits per heavy atom. The van der Waals surface area contributed by atoms with Crippen LogP contribution in [0, 0.1) is 11.2 Å². The number of hydrogen-bond acceptors (Lipinski definition) is 2. The van der Waals surface area contributed by atoms with Gasteiger partial charge in [-0.2, -0.15) is 0 Å². The summed E-state index contributed by atoms with van der Waals surface area (Å²) in [4.78, 5) is 11.8. The minimum absolute atomic E-state index is 0.0861. The normalized spacial score (nSPS) is 20.7. The van der Waals surface area contributed by atoms with Crippen molar-refractivity contribution in [3.63, 3.8) is 0 Å². The highest BCUT2D eigenvalue weighted by molar-refractivity contribution is 5.74. The number of carbonyl (C=O) groups excluding carboxylic acids is 1. The molecule has 21 heavy (non-hydrogen) atoms. The topological polar surface area (TPSA) is 61.4 Å². The zero-order valence-corrected chi connectivity index (χ0v) is 12.0. The van der Waals surface area contributed by atoms with Crippen LogP contribution >= 0.6 is 0 Å². The minimum atomic E-state index is -0.234. The van der Waals surface area contributed by atoms with Crippen LogP contribution in [0.4, 0.5) is 9.18 Å². The van der Waals surface area contributed by atoms with Crippen molar-refractivity contribution in [2.24, 2.45) is 5.41 Å². The molecule has 1 aromatic rings. The van der Waals surface area contributed by atoms with Gasteiger partial charge in [0.15, 0.2) is 0 Å². The fraction of sp³-hybridized carbons (Fsp3) is 0.562. The number of nitrogens with one attached hydrogen (secondary N) is 2. The molecule has 0 radical (unpaired) electrons. The van der Waals surface area contributed by atoms with E-state index in [-0.39, 0.29) is 29.3 Å². The van der Waals surface area contributed by atoms with E-state index in [0.29, 0.717) is 13.1 Å². The van der Waals surface area contributed by atoms with Crippen LogP contribution in [0.1, 0.15) is 31.2 Å². The quantitative estimate of drug-likeness (QED) is 0.750. The average Bonchev–Trinajstić information content (AvgIpc) is 3.38. The molecule has 4 nitrogen and oxygen atoms in total. The maximum absolute atomic E-state index is 13.3. The van der Waals surface area contributed by atoms with E-state index in [4.69, 9.17) is 0 Å². The first-order chi connectivity index (χ1) is 10.1. The largest absolute Gasteiger partial charge is 0.396 e. The monoisotopic (exact) mass is 292 g/mol. The Morgan fingerprint density at radius 2 is 1.90 bits per heavy atom. The molecular weight excluding hydrogens is 271 g/mol. The van der Waals surface area contributed by atoms with E-state index in [2.05, 4.69) is 10.6 Å². The van der Waals surface area contributed by atoms with Crippen LogP contribution < -0.4 is 10.6 Å². The second-order valence-corrected chi connectivity index (χ2v) is 6.49. The molecule has 2 fully saturated rings. The molecule has 0 heterocycles. The van der Waals surface area contributed by atoms with Crippen molar-refractivity contribution in [3.05, 3.63) is 35.6 Å². The summed E-state index contributed by atoms with van der Waals surface area (Å²) >= 11 is 0. The predicted molar refractivity (Wildman–Crippen MR) is 77.5 cm³/mol. The van der Waals surface area contributed by atoms with Crippen LogP contribution in [0.3, 0.4) is 0 Å². The van der Waals surface area contributed by atoms with Crippen molar-refractivity contribution in [1.82, 2.24) is 10.6 Å². The van der Waals surface area contributed by atoms with Gasteiger partial charge in [0.1, 0.15) is 5.82 Å². The van der Waals surface area contributed by atoms with Crippen molar-refractivity contribution < 1.29 is 14.3 Å². The number of aliphatic hydroxyl groups is 1. The molecule has 0 bridgehead atoms. The van der Waals surface area contributed by atoms with E-state index in [1.807, 2.05) is 6.07 Å². The summed E-state index contributed by atoms with van der Waals surface area (Å²) in [6.45, 7) is 1.16. The molecule has 0 atom stereocenters. The number of hydrogen-bond donors (Lipinski definition) is 3. The molecule has 3 rings (SSSR count). The van der Waals surface area contributed by atoms with Gasteiger partial charge in [-0.05, 0) is 43.4 Å². The average molecular weight is 292 g/mol. The highest BCUT2D eigenvalue weighted by Gasteiger charge is 2.45. The first-order valence-corrected chi connectivity index (χ1v) is 7.46. The summed E-state index contributed by atoms with van der Waals surface area (Å²) in [5.74, 6) is -0.234. The van der Waals surface area contributed by atoms with Gasteiger partial charge >= 0.3 is 6.03 Å². The van der Waals surface area contributed by atoms with Crippen LogP contribution in [0.5, 0.6) is 0 Å². The Morgan fingerprint density at radius 3 is 2.48 bits per heavy atom. The van der Waals surface area contributed by atoms with Crippen LogP contribution in [-0.2, 0) is 5.41 Å². The van der Waals surface area contributed by atoms with Gasteiger partial charge in [0.2, 0.25) is 0 Å². The molecule has 0 aromatic heterocycles. The van der Waals surface area contributed by atoms with Crippen LogP contribution in [0.15, 0.2) is 24.3 Å². The van der Waals surface area contributed by atoms with Crippen LogP contribution in [0.2, 0.25) is 0 Å². The van der Waals surface area contributed by atoms with Crippen molar-refractivity contribution >= 4 is 6.03 Å². The molecule has 2 amide bonds. The number of rotatable bonds is 6. The molecule has 1 aromatic carbocycles. The summed E-state index contributed by atoms with van der Waals surface area (Å²) in [6.07, 6.45) is 3.88. The van der Waals surface area contributed by atoms with Gasteiger partial charge in [0.25, 0.3) is 0 Å². The highest BCUT2D eigenvalue weighted by Crippen LogP contribution is 2.47. The second-order valence-electron chi connectivity index (χ2n) is 6.49. The number of urea groups is 1. The van der Waals surface area contributed by atoms with E-state index >= 15 is 0 Å². The van der Waals surface area contributed by atoms with E-state index in [1.165, 1.54) is 6.07 Å². The Hall–Kier alpha value is -1.62. The Labute approximate surface area is 123 Å². The molecule has 2 saturated carbocycles. The number of benzene rings is 1. The Balaban J connectivity index is 1.49. The molecular formula is C16H21FN2O2. The SMILES string of the molecule is O=C(NCC1(CO)CC1)NCC1(c2cccc(F)c2)CC1. The lowest BCUT2D eigenvalue weighted by Crippen LogP contribution is -2.42. The number of halogens is 1. The zero-order chi connectivity index (χ0) is 14.9. The molecule has 0 spiro atoms. The molecule has 2 aliphatic carbocycles. The van der Waals surface area contributed by atoms with Crippen molar-refractivity contribution in [1.29, 1.82) is 0 Å². The number of aliphatic hydroxyl groups excluding tert-OH is 1. The maximum Gasteiger partial charge on any atom is 0.314 e. The third-order valence-electron chi connectivity index (χ3n) is 4.79. The number of amides is 2. The van der Waals surface area contributed by atoms with Gasteiger partial charge in [-0.15, -0.1) is 0 Å². The van der Waals surface area contributed by atoms with Crippen LogP contribution in [-0.4, -0.2) is 30.8 Å². The molecule has 0 aliphatic heterocycles. The summed E-state index contributed by atoms with van der Waals surface area (Å²) in [5.41, 5.74) is 0.766. The van der Waals surface area contributed by atoms with Gasteiger partial charge in [0.05, 0.1) is 6.61 Å². The minimum Gasteiger partial charge on any atom is -0.396 e. The van der Waals surface area contributed by atoms with Gasteiger partial charge in [-0.3, -0.25) is 0 Å². The molecule has 0 unspecified atom stereocenters. The standard InChI is InChI=1S/C16H21FN2O2/c17-13-3-1-2-12(8-13)16(6-7-16)10-19-14(21)18-9-15(11-20)4-5-15/h1-3,8,20H,4-7,9-11H2,(H2,18,19,21). The van der Waals surface area contributed by atoms with E-state index in [0.717, 1.165) is 31.2 Å². The summed E-state index contributed by atoms with van der Waals surface area (Å²) in [7, 11) is 0. The van der Waals surface area contributed by atoms with E-state index < -0.39 is 0 Å². The highest BCUT2D eigenvalue weighted by atomic mass is 19.1. The molecule has 2 aliphatic rings. The Kier molecular flexibility index (Phi) is 3.61. The first-order valence-electron chi connectivity index (χ1n) is 7.46. The van der Waals surface area contributed by atoms with Gasteiger partial charge in [-0.1, -0.05) is 12.1 Å². The zero-order valence-electron chi connectivity index (χ0n) is 12.0. The van der Waals surface area contributed by atoms with Crippen molar-refractivity contribution in [3.8, 4) is 0 Å². The van der Waals surface area contributed by atoms with E-state index in [9.17, 15) is 14.3 Å². The van der Waals surface area contributed by atoms with Crippen molar-refractivity contribution in [2.75, 3.05) is 19.7 Å². The Bertz CT molecular complexity index is 539. The summed E-state index contributed by atoms with van der Waals surface area (Å²) in [6, 6.07) is 6.41.